The molecule has 1 aliphatic rings. The molecule has 0 saturated heterocycles. The van der Waals surface area contributed by atoms with Gasteiger partial charge in [-0.25, -0.2) is 0 Å². The summed E-state index contributed by atoms with van der Waals surface area (Å²) in [6.45, 7) is 3.83. The molecule has 0 amide bonds. The van der Waals surface area contributed by atoms with E-state index in [1.54, 1.807) is 6.07 Å². The molecular weight excluding hydrogens is 336 g/mol. The molecule has 1 aliphatic heterocycles. The highest BCUT2D eigenvalue weighted by Gasteiger charge is 2.39. The maximum absolute atomic E-state index is 13.0. The van der Waals surface area contributed by atoms with Gasteiger partial charge in [0.25, 0.3) is 0 Å². The predicted molar refractivity (Wildman–Crippen MR) is 94.8 cm³/mol. The number of fused-ring (bicyclic) bond motifs is 1. The number of benzene rings is 2. The molecule has 0 bridgehead atoms. The Morgan fingerprint density at radius 1 is 1.04 bits per heavy atom. The first kappa shape index (κ1) is 17.7. The molecule has 2 atom stereocenters. The Morgan fingerprint density at radius 3 is 2.42 bits per heavy atom. The summed E-state index contributed by atoms with van der Waals surface area (Å²) in [5.41, 5.74) is 1.58. The third-order valence-corrected chi connectivity index (χ3v) is 4.38. The molecule has 2 aromatic rings. The van der Waals surface area contributed by atoms with Crippen LogP contribution in [0.1, 0.15) is 42.3 Å². The maximum Gasteiger partial charge on any atom is 0.177 e. The van der Waals surface area contributed by atoms with E-state index < -0.39 is 12.0 Å². The Hall–Kier alpha value is -3.15. The summed E-state index contributed by atoms with van der Waals surface area (Å²) in [6.07, 6.45) is 1.55. The quantitative estimate of drug-likeness (QED) is 0.492. The molecule has 4 N–H and O–H groups in total. The van der Waals surface area contributed by atoms with Crippen LogP contribution in [0.2, 0.25) is 0 Å². The number of hydrogen-bond donors (Lipinski definition) is 4. The van der Waals surface area contributed by atoms with E-state index in [2.05, 4.69) is 0 Å². The first-order valence-electron chi connectivity index (χ1n) is 8.20. The number of ether oxygens (including phenoxy) is 1. The van der Waals surface area contributed by atoms with Gasteiger partial charge >= 0.3 is 0 Å². The Morgan fingerprint density at radius 2 is 1.77 bits per heavy atom. The molecular formula is C20H20O6. The summed E-state index contributed by atoms with van der Waals surface area (Å²) in [4.78, 5) is 13.0. The SMILES string of the molecule is CC(C)=CC[C@@H]1C(=O)c2c(O)cc(O)cc2O[C@@H]1c1ccc(O)c(O)c1. The highest BCUT2D eigenvalue weighted by atomic mass is 16.5. The fraction of sp³-hybridized carbons (Fsp3) is 0.250. The number of hydrogen-bond acceptors (Lipinski definition) is 6. The van der Waals surface area contributed by atoms with Gasteiger partial charge in [0, 0.05) is 12.1 Å². The lowest BCUT2D eigenvalue weighted by Crippen LogP contribution is -2.31. The van der Waals surface area contributed by atoms with Gasteiger partial charge in [-0.05, 0) is 38.0 Å². The van der Waals surface area contributed by atoms with Gasteiger partial charge in [-0.1, -0.05) is 17.7 Å². The Balaban J connectivity index is 2.11. The lowest BCUT2D eigenvalue weighted by Gasteiger charge is -2.33. The molecule has 2 aromatic carbocycles. The van der Waals surface area contributed by atoms with Crippen molar-refractivity contribution in [1.29, 1.82) is 0 Å². The van der Waals surface area contributed by atoms with Crippen LogP contribution in [-0.2, 0) is 0 Å². The number of ketones is 1. The molecule has 0 saturated carbocycles. The van der Waals surface area contributed by atoms with Crippen molar-refractivity contribution in [2.75, 3.05) is 0 Å². The lowest BCUT2D eigenvalue weighted by atomic mass is 9.82. The second-order valence-corrected chi connectivity index (χ2v) is 6.61. The molecule has 0 fully saturated rings. The normalized spacial score (nSPS) is 18.8. The van der Waals surface area contributed by atoms with Crippen molar-refractivity contribution >= 4 is 5.78 Å². The van der Waals surface area contributed by atoms with Crippen molar-refractivity contribution in [2.45, 2.75) is 26.4 Å². The first-order chi connectivity index (χ1) is 12.3. The van der Waals surface area contributed by atoms with Gasteiger partial charge in [-0.2, -0.15) is 0 Å². The summed E-state index contributed by atoms with van der Waals surface area (Å²) in [5.74, 6) is -1.99. The summed E-state index contributed by atoms with van der Waals surface area (Å²) < 4.78 is 5.93. The van der Waals surface area contributed by atoms with Crippen molar-refractivity contribution in [3.63, 3.8) is 0 Å². The van der Waals surface area contributed by atoms with Crippen LogP contribution < -0.4 is 4.74 Å². The van der Waals surface area contributed by atoms with E-state index in [1.807, 2.05) is 19.9 Å². The zero-order valence-electron chi connectivity index (χ0n) is 14.4. The van der Waals surface area contributed by atoms with Crippen LogP contribution in [-0.4, -0.2) is 26.2 Å². The smallest absolute Gasteiger partial charge is 0.177 e. The molecule has 6 nitrogen and oxygen atoms in total. The molecule has 3 rings (SSSR count). The Bertz CT molecular complexity index is 895. The zero-order chi connectivity index (χ0) is 19.0. The van der Waals surface area contributed by atoms with Crippen LogP contribution in [0.5, 0.6) is 28.7 Å². The van der Waals surface area contributed by atoms with E-state index in [1.165, 1.54) is 18.2 Å². The second kappa shape index (κ2) is 6.63. The largest absolute Gasteiger partial charge is 0.508 e. The molecule has 0 aromatic heterocycles. The van der Waals surface area contributed by atoms with E-state index >= 15 is 0 Å². The number of rotatable bonds is 3. The number of Topliss-reactive ketones (excluding diaryl/α,β-unsaturated/α-hetero) is 1. The predicted octanol–water partition coefficient (Wildman–Crippen LogP) is 3.80. The van der Waals surface area contributed by atoms with E-state index in [0.29, 0.717) is 12.0 Å². The minimum Gasteiger partial charge on any atom is -0.508 e. The molecule has 1 heterocycles. The van der Waals surface area contributed by atoms with Gasteiger partial charge in [0.2, 0.25) is 0 Å². The van der Waals surface area contributed by atoms with Gasteiger partial charge < -0.3 is 25.2 Å². The van der Waals surface area contributed by atoms with Crippen molar-refractivity contribution < 1.29 is 30.0 Å². The van der Waals surface area contributed by atoms with Crippen molar-refractivity contribution in [3.05, 3.63) is 53.1 Å². The number of aromatic hydroxyl groups is 4. The van der Waals surface area contributed by atoms with Crippen LogP contribution >= 0.6 is 0 Å². The van der Waals surface area contributed by atoms with Gasteiger partial charge in [-0.3, -0.25) is 4.79 Å². The minimum absolute atomic E-state index is 0.0363. The highest BCUT2D eigenvalue weighted by molar-refractivity contribution is 6.04. The average Bonchev–Trinajstić information content (AvgIpc) is 2.55. The molecule has 6 heteroatoms. The fourth-order valence-corrected chi connectivity index (χ4v) is 3.08. The highest BCUT2D eigenvalue weighted by Crippen LogP contribution is 2.46. The number of phenols is 4. The minimum atomic E-state index is -0.738. The van der Waals surface area contributed by atoms with Crippen LogP contribution in [0.25, 0.3) is 0 Å². The number of allylic oxidation sites excluding steroid dienone is 2. The standard InChI is InChI=1S/C20H20O6/c1-10(2)3-5-13-19(25)18-16(24)8-12(21)9-17(18)26-20(13)11-4-6-14(22)15(23)7-11/h3-4,6-9,13,20-24H,5H2,1-2H3/t13-,20-/m1/s1. The Kier molecular flexibility index (Phi) is 4.50. The number of carbonyl (C=O) groups excluding carboxylic acids is 1. The summed E-state index contributed by atoms with van der Waals surface area (Å²) in [7, 11) is 0. The summed E-state index contributed by atoms with van der Waals surface area (Å²) in [5, 5.41) is 39.1. The molecule has 136 valence electrons. The average molecular weight is 356 g/mol. The molecule has 0 radical (unpaired) electrons. The lowest BCUT2D eigenvalue weighted by molar-refractivity contribution is 0.0653. The van der Waals surface area contributed by atoms with E-state index in [4.69, 9.17) is 4.74 Å². The van der Waals surface area contributed by atoms with E-state index in [-0.39, 0.29) is 40.1 Å². The topological polar surface area (TPSA) is 107 Å². The monoisotopic (exact) mass is 356 g/mol. The molecule has 26 heavy (non-hydrogen) atoms. The zero-order valence-corrected chi connectivity index (χ0v) is 14.4. The third-order valence-electron chi connectivity index (χ3n) is 4.38. The number of phenolic OH excluding ortho intramolecular Hbond substituents is 4. The van der Waals surface area contributed by atoms with Crippen LogP contribution in [0.15, 0.2) is 42.0 Å². The van der Waals surface area contributed by atoms with E-state index in [0.717, 1.165) is 11.6 Å². The molecule has 0 spiro atoms. The Labute approximate surface area is 150 Å². The second-order valence-electron chi connectivity index (χ2n) is 6.61. The first-order valence-corrected chi connectivity index (χ1v) is 8.20. The van der Waals surface area contributed by atoms with Gasteiger partial charge in [0.1, 0.15) is 28.9 Å². The van der Waals surface area contributed by atoms with Crippen molar-refractivity contribution in [2.24, 2.45) is 5.92 Å². The summed E-state index contributed by atoms with van der Waals surface area (Å²) >= 11 is 0. The summed E-state index contributed by atoms with van der Waals surface area (Å²) in [6, 6.07) is 6.61. The van der Waals surface area contributed by atoms with Crippen molar-refractivity contribution in [1.82, 2.24) is 0 Å². The maximum atomic E-state index is 13.0. The van der Waals surface area contributed by atoms with Crippen molar-refractivity contribution in [3.8, 4) is 28.7 Å². The van der Waals surface area contributed by atoms with Crippen LogP contribution in [0.4, 0.5) is 0 Å². The van der Waals surface area contributed by atoms with Gasteiger partial charge in [0.05, 0.1) is 5.92 Å². The van der Waals surface area contributed by atoms with Crippen LogP contribution in [0.3, 0.4) is 0 Å². The van der Waals surface area contributed by atoms with E-state index in [9.17, 15) is 25.2 Å². The fourth-order valence-electron chi connectivity index (χ4n) is 3.08. The van der Waals surface area contributed by atoms with Gasteiger partial charge in [0.15, 0.2) is 17.3 Å². The third kappa shape index (κ3) is 3.18. The molecule has 0 unspecified atom stereocenters. The van der Waals surface area contributed by atoms with Gasteiger partial charge in [-0.15, -0.1) is 0 Å². The van der Waals surface area contributed by atoms with Crippen LogP contribution in [0, 0.1) is 5.92 Å². The molecule has 0 aliphatic carbocycles. The number of carbonyl (C=O) groups is 1.